The smallest absolute Gasteiger partial charge is 0.307 e. The van der Waals surface area contributed by atoms with Gasteiger partial charge in [0.15, 0.2) is 5.82 Å². The number of piperidine rings is 1. The minimum Gasteiger partial charge on any atom is -0.481 e. The quantitative estimate of drug-likeness (QED) is 0.902. The SMILES string of the molecule is O=C(O)[C@@H]1C[C@@H]1C(=O)N1CCC[C@H](c2noc(C3CC3)n2)C1. The molecule has 7 heteroatoms. The third-order valence-corrected chi connectivity index (χ3v) is 4.91. The van der Waals surface area contributed by atoms with E-state index in [4.69, 9.17) is 9.63 Å². The third-order valence-electron chi connectivity index (χ3n) is 4.91. The first-order valence-corrected chi connectivity index (χ1v) is 7.98. The van der Waals surface area contributed by atoms with Crippen molar-refractivity contribution in [1.29, 1.82) is 0 Å². The van der Waals surface area contributed by atoms with Crippen LogP contribution >= 0.6 is 0 Å². The van der Waals surface area contributed by atoms with Crippen molar-refractivity contribution in [3.8, 4) is 0 Å². The van der Waals surface area contributed by atoms with E-state index in [0.717, 1.165) is 31.6 Å². The standard InChI is InChI=1S/C15H19N3O4/c19-14(10-6-11(10)15(20)21)18-5-1-2-9(7-18)12-16-13(22-17-12)8-3-4-8/h8-11H,1-7H2,(H,20,21)/t9-,10-,11+/m0/s1. The van der Waals surface area contributed by atoms with Gasteiger partial charge in [0.05, 0.1) is 11.8 Å². The predicted molar refractivity (Wildman–Crippen MR) is 74.1 cm³/mol. The molecule has 1 aliphatic heterocycles. The van der Waals surface area contributed by atoms with Crippen molar-refractivity contribution >= 4 is 11.9 Å². The van der Waals surface area contributed by atoms with Crippen LogP contribution in [0.1, 0.15) is 55.7 Å². The second-order valence-corrected chi connectivity index (χ2v) is 6.68. The van der Waals surface area contributed by atoms with Crippen molar-refractivity contribution in [2.24, 2.45) is 11.8 Å². The lowest BCUT2D eigenvalue weighted by molar-refractivity contribution is -0.142. The summed E-state index contributed by atoms with van der Waals surface area (Å²) in [6, 6.07) is 0. The first-order chi connectivity index (χ1) is 10.6. The molecule has 3 fully saturated rings. The van der Waals surface area contributed by atoms with E-state index >= 15 is 0 Å². The molecule has 7 nitrogen and oxygen atoms in total. The number of carboxylic acid groups (broad SMARTS) is 1. The lowest BCUT2D eigenvalue weighted by Gasteiger charge is -2.31. The van der Waals surface area contributed by atoms with Crippen LogP contribution in [0, 0.1) is 11.8 Å². The van der Waals surface area contributed by atoms with Gasteiger partial charge in [-0.3, -0.25) is 9.59 Å². The zero-order valence-corrected chi connectivity index (χ0v) is 12.3. The molecule has 0 radical (unpaired) electrons. The Morgan fingerprint density at radius 2 is 2.00 bits per heavy atom. The molecule has 3 atom stereocenters. The number of aliphatic carboxylic acids is 1. The molecular weight excluding hydrogens is 286 g/mol. The van der Waals surface area contributed by atoms with Crippen molar-refractivity contribution < 1.29 is 19.2 Å². The topological polar surface area (TPSA) is 96.5 Å². The van der Waals surface area contributed by atoms with E-state index < -0.39 is 11.9 Å². The predicted octanol–water partition coefficient (Wildman–Crippen LogP) is 1.37. The Kier molecular flexibility index (Phi) is 3.16. The molecule has 1 aromatic heterocycles. The van der Waals surface area contributed by atoms with E-state index in [1.54, 1.807) is 4.90 Å². The van der Waals surface area contributed by atoms with Gasteiger partial charge in [0, 0.05) is 24.9 Å². The summed E-state index contributed by atoms with van der Waals surface area (Å²) in [4.78, 5) is 29.6. The average Bonchev–Trinajstić information content (AvgIpc) is 3.44. The van der Waals surface area contributed by atoms with Gasteiger partial charge in [-0.25, -0.2) is 0 Å². The molecular formula is C15H19N3O4. The molecule has 1 amide bonds. The number of hydrogen-bond acceptors (Lipinski definition) is 5. The van der Waals surface area contributed by atoms with Crippen LogP contribution in [0.25, 0.3) is 0 Å². The molecule has 1 aromatic rings. The highest BCUT2D eigenvalue weighted by atomic mass is 16.5. The van der Waals surface area contributed by atoms with Crippen LogP contribution in [-0.2, 0) is 9.59 Å². The number of amides is 1. The molecule has 0 aromatic carbocycles. The van der Waals surface area contributed by atoms with Crippen LogP contribution in [0.4, 0.5) is 0 Å². The number of carboxylic acids is 1. The Morgan fingerprint density at radius 3 is 2.68 bits per heavy atom. The summed E-state index contributed by atoms with van der Waals surface area (Å²) in [5.41, 5.74) is 0. The monoisotopic (exact) mass is 305 g/mol. The van der Waals surface area contributed by atoms with Crippen LogP contribution in [0.15, 0.2) is 4.52 Å². The fraction of sp³-hybridized carbons (Fsp3) is 0.733. The molecule has 2 aliphatic carbocycles. The highest BCUT2D eigenvalue weighted by Crippen LogP contribution is 2.42. The Hall–Kier alpha value is -1.92. The number of carbonyl (C=O) groups excluding carboxylic acids is 1. The number of carbonyl (C=O) groups is 2. The van der Waals surface area contributed by atoms with Gasteiger partial charge in [0.25, 0.3) is 0 Å². The summed E-state index contributed by atoms with van der Waals surface area (Å²) >= 11 is 0. The second kappa shape index (κ2) is 5.07. The molecule has 22 heavy (non-hydrogen) atoms. The number of rotatable bonds is 4. The van der Waals surface area contributed by atoms with Crippen molar-refractivity contribution in [3.05, 3.63) is 11.7 Å². The van der Waals surface area contributed by atoms with E-state index in [2.05, 4.69) is 10.1 Å². The summed E-state index contributed by atoms with van der Waals surface area (Å²) in [5, 5.41) is 13.0. The largest absolute Gasteiger partial charge is 0.481 e. The molecule has 0 spiro atoms. The summed E-state index contributed by atoms with van der Waals surface area (Å²) in [5.74, 6) is 0.267. The molecule has 118 valence electrons. The Morgan fingerprint density at radius 1 is 1.18 bits per heavy atom. The lowest BCUT2D eigenvalue weighted by Crippen LogP contribution is -2.40. The van der Waals surface area contributed by atoms with E-state index in [9.17, 15) is 9.59 Å². The Bertz CT molecular complexity index is 610. The maximum atomic E-state index is 12.4. The van der Waals surface area contributed by atoms with Crippen LogP contribution in [-0.4, -0.2) is 45.1 Å². The van der Waals surface area contributed by atoms with Gasteiger partial charge < -0.3 is 14.5 Å². The second-order valence-electron chi connectivity index (χ2n) is 6.68. The van der Waals surface area contributed by atoms with E-state index in [1.807, 2.05) is 0 Å². The molecule has 1 saturated heterocycles. The number of hydrogen-bond donors (Lipinski definition) is 1. The molecule has 0 bridgehead atoms. The number of nitrogens with zero attached hydrogens (tertiary/aromatic N) is 3. The molecule has 1 N–H and O–H groups in total. The third kappa shape index (κ3) is 2.48. The summed E-state index contributed by atoms with van der Waals surface area (Å²) in [7, 11) is 0. The van der Waals surface area contributed by atoms with E-state index in [1.165, 1.54) is 0 Å². The first-order valence-electron chi connectivity index (χ1n) is 7.98. The van der Waals surface area contributed by atoms with Gasteiger partial charge in [-0.2, -0.15) is 4.98 Å². The van der Waals surface area contributed by atoms with Gasteiger partial charge in [-0.15, -0.1) is 0 Å². The van der Waals surface area contributed by atoms with Crippen molar-refractivity contribution in [1.82, 2.24) is 15.0 Å². The maximum absolute atomic E-state index is 12.4. The zero-order chi connectivity index (χ0) is 15.3. The van der Waals surface area contributed by atoms with Crippen molar-refractivity contribution in [2.45, 2.75) is 43.9 Å². The normalized spacial score (nSPS) is 31.1. The van der Waals surface area contributed by atoms with Crippen LogP contribution in [0.3, 0.4) is 0 Å². The first kappa shape index (κ1) is 13.7. The van der Waals surface area contributed by atoms with Gasteiger partial charge in [0.1, 0.15) is 0 Å². The minimum absolute atomic E-state index is 0.0250. The van der Waals surface area contributed by atoms with Crippen LogP contribution < -0.4 is 0 Å². The van der Waals surface area contributed by atoms with Gasteiger partial charge >= 0.3 is 5.97 Å². The molecule has 2 saturated carbocycles. The van der Waals surface area contributed by atoms with E-state index in [0.29, 0.717) is 31.3 Å². The fourth-order valence-corrected chi connectivity index (χ4v) is 3.27. The summed E-state index contributed by atoms with van der Waals surface area (Å²) in [6.45, 7) is 1.27. The minimum atomic E-state index is -0.862. The van der Waals surface area contributed by atoms with Gasteiger partial charge in [-0.05, 0) is 32.1 Å². The molecule has 4 rings (SSSR count). The molecule has 2 heterocycles. The highest BCUT2D eigenvalue weighted by Gasteiger charge is 2.50. The van der Waals surface area contributed by atoms with E-state index in [-0.39, 0.29) is 17.7 Å². The van der Waals surface area contributed by atoms with Gasteiger partial charge in [0.2, 0.25) is 11.8 Å². The summed E-state index contributed by atoms with van der Waals surface area (Å²) in [6.07, 6.45) is 4.56. The summed E-state index contributed by atoms with van der Waals surface area (Å²) < 4.78 is 5.30. The number of aromatic nitrogens is 2. The fourth-order valence-electron chi connectivity index (χ4n) is 3.27. The Labute approximate surface area is 127 Å². The highest BCUT2D eigenvalue weighted by molar-refractivity contribution is 5.89. The van der Waals surface area contributed by atoms with Crippen molar-refractivity contribution in [3.63, 3.8) is 0 Å². The Balaban J connectivity index is 1.41. The average molecular weight is 305 g/mol. The zero-order valence-electron chi connectivity index (χ0n) is 12.3. The number of likely N-dealkylation sites (tertiary alicyclic amines) is 1. The van der Waals surface area contributed by atoms with Crippen LogP contribution in [0.2, 0.25) is 0 Å². The molecule has 3 aliphatic rings. The maximum Gasteiger partial charge on any atom is 0.307 e. The van der Waals surface area contributed by atoms with Gasteiger partial charge in [-0.1, -0.05) is 5.16 Å². The lowest BCUT2D eigenvalue weighted by atomic mass is 9.97. The molecule has 0 unspecified atom stereocenters. The van der Waals surface area contributed by atoms with Crippen molar-refractivity contribution in [2.75, 3.05) is 13.1 Å². The van der Waals surface area contributed by atoms with Crippen LogP contribution in [0.5, 0.6) is 0 Å².